The number of sulfonamides is 1. The summed E-state index contributed by atoms with van der Waals surface area (Å²) in [6.45, 7) is 6.47. The first-order valence-corrected chi connectivity index (χ1v) is 12.9. The van der Waals surface area contributed by atoms with Gasteiger partial charge in [-0.2, -0.15) is 0 Å². The molecule has 0 aliphatic heterocycles. The van der Waals surface area contributed by atoms with Crippen molar-refractivity contribution in [3.63, 3.8) is 0 Å². The van der Waals surface area contributed by atoms with Crippen LogP contribution in [0, 0.1) is 13.8 Å². The van der Waals surface area contributed by atoms with Crippen LogP contribution in [0.15, 0.2) is 77.7 Å². The highest BCUT2D eigenvalue weighted by Crippen LogP contribution is 2.25. The van der Waals surface area contributed by atoms with Crippen LogP contribution < -0.4 is 14.4 Å². The average Bonchev–Trinajstić information content (AvgIpc) is 2.81. The lowest BCUT2D eigenvalue weighted by Gasteiger charge is -2.24. The van der Waals surface area contributed by atoms with Crippen LogP contribution in [0.2, 0.25) is 0 Å². The quantitative estimate of drug-likeness (QED) is 0.406. The minimum atomic E-state index is -3.91. The summed E-state index contributed by atoms with van der Waals surface area (Å²) in [7, 11) is -3.91. The Bertz CT molecular complexity index is 1210. The van der Waals surface area contributed by atoms with Crippen molar-refractivity contribution in [1.29, 1.82) is 0 Å². The predicted molar refractivity (Wildman–Crippen MR) is 136 cm³/mol. The number of amides is 1. The van der Waals surface area contributed by atoms with Gasteiger partial charge in [-0.15, -0.1) is 0 Å². The minimum Gasteiger partial charge on any atom is -0.494 e. The van der Waals surface area contributed by atoms with Gasteiger partial charge in [0, 0.05) is 6.54 Å². The Kier molecular flexibility index (Phi) is 8.71. The van der Waals surface area contributed by atoms with Gasteiger partial charge in [0.1, 0.15) is 12.3 Å². The second-order valence-corrected chi connectivity index (χ2v) is 10.0. The molecule has 3 aromatic carbocycles. The molecule has 0 bridgehead atoms. The molecule has 180 valence electrons. The molecule has 3 rings (SSSR count). The summed E-state index contributed by atoms with van der Waals surface area (Å²) in [5, 5.41) is 2.87. The summed E-state index contributed by atoms with van der Waals surface area (Å²) >= 11 is 0. The second kappa shape index (κ2) is 11.7. The molecule has 0 radical (unpaired) electrons. The van der Waals surface area contributed by atoms with Crippen LogP contribution in [-0.2, 0) is 21.2 Å². The van der Waals surface area contributed by atoms with Crippen LogP contribution in [0.3, 0.4) is 0 Å². The van der Waals surface area contributed by atoms with Crippen LogP contribution in [0.5, 0.6) is 5.75 Å². The van der Waals surface area contributed by atoms with E-state index in [1.54, 1.807) is 42.5 Å². The molecule has 0 aliphatic rings. The van der Waals surface area contributed by atoms with Crippen molar-refractivity contribution in [3.05, 3.63) is 89.5 Å². The Hall–Kier alpha value is -3.32. The molecule has 7 heteroatoms. The molecule has 1 amide bonds. The number of ether oxygens (including phenoxy) is 1. The number of aryl methyl sites for hydroxylation is 3. The van der Waals surface area contributed by atoms with Crippen molar-refractivity contribution in [2.24, 2.45) is 0 Å². The highest BCUT2D eigenvalue weighted by atomic mass is 32.2. The van der Waals surface area contributed by atoms with Gasteiger partial charge in [0.25, 0.3) is 10.0 Å². The maximum absolute atomic E-state index is 13.4. The Labute approximate surface area is 202 Å². The highest BCUT2D eigenvalue weighted by Gasteiger charge is 2.27. The van der Waals surface area contributed by atoms with Crippen LogP contribution in [0.25, 0.3) is 0 Å². The summed E-state index contributed by atoms with van der Waals surface area (Å²) in [5.74, 6) is 0.501. The lowest BCUT2D eigenvalue weighted by molar-refractivity contribution is -0.119. The maximum Gasteiger partial charge on any atom is 0.264 e. The van der Waals surface area contributed by atoms with Gasteiger partial charge in [0.2, 0.25) is 5.91 Å². The summed E-state index contributed by atoms with van der Waals surface area (Å²) in [6.07, 6.45) is 1.46. The van der Waals surface area contributed by atoms with Crippen LogP contribution in [0.4, 0.5) is 5.69 Å². The van der Waals surface area contributed by atoms with Gasteiger partial charge in [0.15, 0.2) is 0 Å². The number of nitrogens with zero attached hydrogens (tertiary/aromatic N) is 1. The highest BCUT2D eigenvalue weighted by molar-refractivity contribution is 7.92. The molecule has 3 aromatic rings. The Morgan fingerprint density at radius 3 is 2.38 bits per heavy atom. The molecule has 0 fully saturated rings. The van der Waals surface area contributed by atoms with Crippen molar-refractivity contribution in [2.75, 3.05) is 24.0 Å². The first-order chi connectivity index (χ1) is 16.3. The van der Waals surface area contributed by atoms with E-state index in [-0.39, 0.29) is 17.3 Å². The van der Waals surface area contributed by atoms with E-state index in [1.165, 1.54) is 4.31 Å². The van der Waals surface area contributed by atoms with E-state index in [1.807, 2.05) is 51.1 Å². The molecule has 0 saturated heterocycles. The van der Waals surface area contributed by atoms with Gasteiger partial charge in [-0.3, -0.25) is 9.10 Å². The van der Waals surface area contributed by atoms with Crippen LogP contribution in [-0.4, -0.2) is 34.0 Å². The third-order valence-electron chi connectivity index (χ3n) is 5.40. The molecule has 0 atom stereocenters. The normalized spacial score (nSPS) is 11.1. The number of hydrogen-bond acceptors (Lipinski definition) is 4. The maximum atomic E-state index is 13.4. The zero-order valence-electron chi connectivity index (χ0n) is 20.0. The third kappa shape index (κ3) is 6.60. The number of nitrogens with one attached hydrogen (secondary N) is 1. The summed E-state index contributed by atoms with van der Waals surface area (Å²) in [6, 6.07) is 21.6. The zero-order valence-corrected chi connectivity index (χ0v) is 20.8. The number of para-hydroxylation sites is 1. The largest absolute Gasteiger partial charge is 0.494 e. The number of rotatable bonds is 11. The molecule has 0 heterocycles. The monoisotopic (exact) mass is 480 g/mol. The van der Waals surface area contributed by atoms with Crippen molar-refractivity contribution >= 4 is 21.6 Å². The topological polar surface area (TPSA) is 75.7 Å². The molecule has 0 aliphatic carbocycles. The fourth-order valence-corrected chi connectivity index (χ4v) is 5.05. The van der Waals surface area contributed by atoms with Crippen molar-refractivity contribution < 1.29 is 17.9 Å². The lowest BCUT2D eigenvalue weighted by Crippen LogP contribution is -2.41. The summed E-state index contributed by atoms with van der Waals surface area (Å²) < 4.78 is 33.7. The molecule has 34 heavy (non-hydrogen) atoms. The van der Waals surface area contributed by atoms with Crippen molar-refractivity contribution in [1.82, 2.24) is 5.32 Å². The van der Waals surface area contributed by atoms with Gasteiger partial charge >= 0.3 is 0 Å². The fourth-order valence-electron chi connectivity index (χ4n) is 3.64. The van der Waals surface area contributed by atoms with Crippen molar-refractivity contribution in [3.8, 4) is 5.75 Å². The van der Waals surface area contributed by atoms with E-state index >= 15 is 0 Å². The van der Waals surface area contributed by atoms with Gasteiger partial charge in [-0.1, -0.05) is 48.0 Å². The predicted octanol–water partition coefficient (Wildman–Crippen LogP) is 4.65. The molecular formula is C27H32N2O4S. The SMILES string of the molecule is CCOc1ccccc1CCCNC(=O)CN(c1cccc(C)c1)S(=O)(=O)c1ccc(C)cc1. The van der Waals surface area contributed by atoms with Crippen molar-refractivity contribution in [2.45, 2.75) is 38.5 Å². The number of carbonyl (C=O) groups excluding carboxylic acids is 1. The molecule has 6 nitrogen and oxygen atoms in total. The molecular weight excluding hydrogens is 448 g/mol. The van der Waals surface area contributed by atoms with E-state index < -0.39 is 10.0 Å². The van der Waals surface area contributed by atoms with Gasteiger partial charge in [-0.05, 0) is 75.1 Å². The summed E-state index contributed by atoms with van der Waals surface area (Å²) in [5.41, 5.74) is 3.42. The first kappa shape index (κ1) is 25.3. The summed E-state index contributed by atoms with van der Waals surface area (Å²) in [4.78, 5) is 12.9. The number of carbonyl (C=O) groups is 1. The van der Waals surface area contributed by atoms with Gasteiger partial charge < -0.3 is 10.1 Å². The molecule has 0 spiro atoms. The van der Waals surface area contributed by atoms with E-state index in [4.69, 9.17) is 4.74 Å². The van der Waals surface area contributed by atoms with Crippen LogP contribution >= 0.6 is 0 Å². The smallest absolute Gasteiger partial charge is 0.264 e. The van der Waals surface area contributed by atoms with E-state index in [0.29, 0.717) is 25.3 Å². The average molecular weight is 481 g/mol. The van der Waals surface area contributed by atoms with Gasteiger partial charge in [0.05, 0.1) is 17.2 Å². The fraction of sp³-hybridized carbons (Fsp3) is 0.296. The van der Waals surface area contributed by atoms with Gasteiger partial charge in [-0.25, -0.2) is 8.42 Å². The molecule has 0 unspecified atom stereocenters. The Morgan fingerprint density at radius 1 is 0.941 bits per heavy atom. The van der Waals surface area contributed by atoms with Crippen LogP contribution in [0.1, 0.15) is 30.0 Å². The molecule has 0 aromatic heterocycles. The number of benzene rings is 3. The zero-order chi connectivity index (χ0) is 24.6. The second-order valence-electron chi connectivity index (χ2n) is 8.16. The standard InChI is InChI=1S/C27H32N2O4S/c1-4-33-26-13-6-5-10-23(26)11-8-18-28-27(30)20-29(24-12-7-9-22(3)19-24)34(31,32)25-16-14-21(2)15-17-25/h5-7,9-10,12-17,19H,4,8,11,18,20H2,1-3H3,(H,28,30). The lowest BCUT2D eigenvalue weighted by atomic mass is 10.1. The van der Waals surface area contributed by atoms with E-state index in [2.05, 4.69) is 5.32 Å². The van der Waals surface area contributed by atoms with E-state index in [9.17, 15) is 13.2 Å². The number of hydrogen-bond donors (Lipinski definition) is 1. The Balaban J connectivity index is 1.69. The first-order valence-electron chi connectivity index (χ1n) is 11.4. The minimum absolute atomic E-state index is 0.153. The molecule has 1 N–H and O–H groups in total. The Morgan fingerprint density at radius 2 is 1.68 bits per heavy atom. The molecule has 0 saturated carbocycles. The van der Waals surface area contributed by atoms with E-state index in [0.717, 1.165) is 28.9 Å². The number of anilines is 1. The third-order valence-corrected chi connectivity index (χ3v) is 7.19.